The second-order valence-corrected chi connectivity index (χ2v) is 6.97. The molecule has 1 aliphatic carbocycles. The van der Waals surface area contributed by atoms with Crippen LogP contribution in [0.2, 0.25) is 0 Å². The van der Waals surface area contributed by atoms with Gasteiger partial charge in [-0.05, 0) is 25.7 Å². The molecule has 0 bridgehead atoms. The minimum absolute atomic E-state index is 0.168. The number of esters is 1. The summed E-state index contributed by atoms with van der Waals surface area (Å²) in [6.07, 6.45) is 1.84. The van der Waals surface area contributed by atoms with Crippen LogP contribution in [0.5, 0.6) is 0 Å². The molecular weight excluding hydrogens is 338 g/mol. The molecular formula is C18H17N3O3S. The number of ether oxygens (including phenoxy) is 1. The molecule has 1 atom stereocenters. The van der Waals surface area contributed by atoms with Gasteiger partial charge in [0.05, 0.1) is 6.07 Å². The van der Waals surface area contributed by atoms with Crippen molar-refractivity contribution in [2.24, 2.45) is 5.92 Å². The Morgan fingerprint density at radius 1 is 1.40 bits per heavy atom. The fourth-order valence-corrected chi connectivity index (χ4v) is 3.29. The molecule has 1 aromatic heterocycles. The Hall–Kier alpha value is -2.72. The first-order chi connectivity index (χ1) is 12.0. The molecule has 7 heteroatoms. The summed E-state index contributed by atoms with van der Waals surface area (Å²) in [5.74, 6) is -0.967. The fourth-order valence-electron chi connectivity index (χ4n) is 2.49. The molecule has 3 rings (SSSR count). The van der Waals surface area contributed by atoms with Gasteiger partial charge in [0.15, 0.2) is 12.3 Å². The van der Waals surface area contributed by atoms with E-state index in [9.17, 15) is 14.9 Å². The fraction of sp³-hybridized carbons (Fsp3) is 0.333. The third-order valence-electron chi connectivity index (χ3n) is 4.09. The summed E-state index contributed by atoms with van der Waals surface area (Å²) >= 11 is 1.34. The van der Waals surface area contributed by atoms with Crippen LogP contribution in [0.4, 0.5) is 0 Å². The number of nitrogens with zero attached hydrogens (tertiary/aromatic N) is 2. The number of amides is 1. The standard InChI is InChI=1S/C18H17N3O3S/c1-18(11-19,13-7-8-13)21-15(22)9-24-17(23)14-10-25-16(20-14)12-5-3-2-4-6-12/h2-6,10,13H,7-9H2,1H3,(H,21,22)/t18-/m0/s1. The summed E-state index contributed by atoms with van der Waals surface area (Å²) < 4.78 is 5.01. The quantitative estimate of drug-likeness (QED) is 0.805. The third kappa shape index (κ3) is 4.03. The highest BCUT2D eigenvalue weighted by atomic mass is 32.1. The van der Waals surface area contributed by atoms with Crippen LogP contribution in [-0.2, 0) is 9.53 Å². The topological polar surface area (TPSA) is 92.1 Å². The number of carbonyl (C=O) groups excluding carboxylic acids is 2. The predicted molar refractivity (Wildman–Crippen MR) is 92.7 cm³/mol. The van der Waals surface area contributed by atoms with Crippen molar-refractivity contribution < 1.29 is 14.3 Å². The molecule has 6 nitrogen and oxygen atoms in total. The van der Waals surface area contributed by atoms with E-state index in [1.165, 1.54) is 11.3 Å². The molecule has 1 aliphatic rings. The van der Waals surface area contributed by atoms with Crippen LogP contribution in [0.15, 0.2) is 35.7 Å². The van der Waals surface area contributed by atoms with Gasteiger partial charge in [-0.25, -0.2) is 9.78 Å². The Balaban J connectivity index is 1.55. The summed E-state index contributed by atoms with van der Waals surface area (Å²) in [4.78, 5) is 28.3. The van der Waals surface area contributed by atoms with E-state index >= 15 is 0 Å². The normalized spacial score (nSPS) is 15.7. The van der Waals surface area contributed by atoms with Crippen molar-refractivity contribution in [3.05, 3.63) is 41.4 Å². The molecule has 0 spiro atoms. The lowest BCUT2D eigenvalue weighted by Crippen LogP contribution is -2.48. The molecule has 1 heterocycles. The van der Waals surface area contributed by atoms with Crippen molar-refractivity contribution in [3.63, 3.8) is 0 Å². The van der Waals surface area contributed by atoms with Crippen LogP contribution in [-0.4, -0.2) is 29.0 Å². The maximum Gasteiger partial charge on any atom is 0.358 e. The van der Waals surface area contributed by atoms with Gasteiger partial charge in [-0.15, -0.1) is 11.3 Å². The lowest BCUT2D eigenvalue weighted by Gasteiger charge is -2.22. The lowest BCUT2D eigenvalue weighted by atomic mass is 9.98. The zero-order valence-electron chi connectivity index (χ0n) is 13.7. The van der Waals surface area contributed by atoms with Gasteiger partial charge in [0.1, 0.15) is 10.5 Å². The van der Waals surface area contributed by atoms with Crippen molar-refractivity contribution in [2.75, 3.05) is 6.61 Å². The van der Waals surface area contributed by atoms with Crippen molar-refractivity contribution in [1.29, 1.82) is 5.26 Å². The van der Waals surface area contributed by atoms with Crippen molar-refractivity contribution in [1.82, 2.24) is 10.3 Å². The molecule has 0 unspecified atom stereocenters. The number of nitriles is 1. The van der Waals surface area contributed by atoms with Crippen LogP contribution in [0.25, 0.3) is 10.6 Å². The molecule has 1 amide bonds. The molecule has 1 saturated carbocycles. The van der Waals surface area contributed by atoms with Crippen LogP contribution in [0.1, 0.15) is 30.3 Å². The maximum absolute atomic E-state index is 12.1. The van der Waals surface area contributed by atoms with Crippen molar-refractivity contribution in [2.45, 2.75) is 25.3 Å². The van der Waals surface area contributed by atoms with E-state index in [4.69, 9.17) is 4.74 Å². The minimum atomic E-state index is -0.898. The summed E-state index contributed by atoms with van der Waals surface area (Å²) in [7, 11) is 0. The summed E-state index contributed by atoms with van der Waals surface area (Å²) in [6.45, 7) is 1.26. The predicted octanol–water partition coefficient (Wildman–Crippen LogP) is 2.78. The number of aromatic nitrogens is 1. The summed E-state index contributed by atoms with van der Waals surface area (Å²) in [6, 6.07) is 11.6. The second-order valence-electron chi connectivity index (χ2n) is 6.12. The largest absolute Gasteiger partial charge is 0.451 e. The van der Waals surface area contributed by atoms with E-state index in [1.54, 1.807) is 12.3 Å². The smallest absolute Gasteiger partial charge is 0.358 e. The van der Waals surface area contributed by atoms with Gasteiger partial charge in [-0.2, -0.15) is 5.26 Å². The molecule has 1 fully saturated rings. The summed E-state index contributed by atoms with van der Waals surface area (Å²) in [5, 5.41) is 14.2. The van der Waals surface area contributed by atoms with Gasteiger partial charge < -0.3 is 10.1 Å². The first kappa shape index (κ1) is 17.1. The minimum Gasteiger partial charge on any atom is -0.451 e. The number of carbonyl (C=O) groups is 2. The monoisotopic (exact) mass is 355 g/mol. The van der Waals surface area contributed by atoms with E-state index in [2.05, 4.69) is 16.4 Å². The lowest BCUT2D eigenvalue weighted by molar-refractivity contribution is -0.125. The van der Waals surface area contributed by atoms with Crippen LogP contribution in [0.3, 0.4) is 0 Å². The molecule has 25 heavy (non-hydrogen) atoms. The average molecular weight is 355 g/mol. The van der Waals surface area contributed by atoms with E-state index < -0.39 is 24.0 Å². The Kier molecular flexibility index (Phi) is 4.81. The van der Waals surface area contributed by atoms with Gasteiger partial charge in [-0.1, -0.05) is 30.3 Å². The Bertz CT molecular complexity index is 824. The highest BCUT2D eigenvalue weighted by Crippen LogP contribution is 2.39. The van der Waals surface area contributed by atoms with Gasteiger partial charge in [0.2, 0.25) is 0 Å². The number of benzene rings is 1. The average Bonchev–Trinajstić information content (AvgIpc) is 3.38. The highest BCUT2D eigenvalue weighted by Gasteiger charge is 2.43. The zero-order valence-corrected chi connectivity index (χ0v) is 14.5. The number of hydrogen-bond acceptors (Lipinski definition) is 6. The van der Waals surface area contributed by atoms with Crippen LogP contribution in [0, 0.1) is 17.2 Å². The van der Waals surface area contributed by atoms with Gasteiger partial charge in [-0.3, -0.25) is 4.79 Å². The van der Waals surface area contributed by atoms with Gasteiger partial charge >= 0.3 is 5.97 Å². The van der Waals surface area contributed by atoms with E-state index in [1.807, 2.05) is 30.3 Å². The first-order valence-electron chi connectivity index (χ1n) is 7.92. The van der Waals surface area contributed by atoms with Crippen molar-refractivity contribution >= 4 is 23.2 Å². The Morgan fingerprint density at radius 3 is 2.76 bits per heavy atom. The van der Waals surface area contributed by atoms with Crippen LogP contribution >= 0.6 is 11.3 Å². The van der Waals surface area contributed by atoms with E-state index in [0.29, 0.717) is 5.01 Å². The molecule has 128 valence electrons. The first-order valence-corrected chi connectivity index (χ1v) is 8.80. The zero-order chi connectivity index (χ0) is 17.9. The Morgan fingerprint density at radius 2 is 2.12 bits per heavy atom. The number of nitrogens with one attached hydrogen (secondary N) is 1. The molecule has 0 aliphatic heterocycles. The molecule has 1 N–H and O–H groups in total. The number of hydrogen-bond donors (Lipinski definition) is 1. The molecule has 0 radical (unpaired) electrons. The van der Waals surface area contributed by atoms with Gasteiger partial charge in [0, 0.05) is 10.9 Å². The number of thiazole rings is 1. The van der Waals surface area contributed by atoms with Crippen molar-refractivity contribution in [3.8, 4) is 16.6 Å². The second kappa shape index (κ2) is 7.03. The van der Waals surface area contributed by atoms with Crippen LogP contribution < -0.4 is 5.32 Å². The van der Waals surface area contributed by atoms with E-state index in [-0.39, 0.29) is 11.6 Å². The highest BCUT2D eigenvalue weighted by molar-refractivity contribution is 7.13. The Labute approximate surface area is 149 Å². The third-order valence-corrected chi connectivity index (χ3v) is 4.98. The summed E-state index contributed by atoms with van der Waals surface area (Å²) in [5.41, 5.74) is 0.185. The van der Waals surface area contributed by atoms with Gasteiger partial charge in [0.25, 0.3) is 5.91 Å². The number of rotatable bonds is 6. The molecule has 2 aromatic rings. The van der Waals surface area contributed by atoms with E-state index in [0.717, 1.165) is 18.4 Å². The SMILES string of the molecule is C[C@@](C#N)(NC(=O)COC(=O)c1csc(-c2ccccc2)n1)C1CC1. The maximum atomic E-state index is 12.1. The molecule has 1 aromatic carbocycles. The molecule has 0 saturated heterocycles.